The van der Waals surface area contributed by atoms with Crippen molar-refractivity contribution in [3.8, 4) is 0 Å². The third-order valence-electron chi connectivity index (χ3n) is 2.26. The van der Waals surface area contributed by atoms with Gasteiger partial charge >= 0.3 is 0 Å². The first-order valence-corrected chi connectivity index (χ1v) is 7.51. The van der Waals surface area contributed by atoms with Crippen LogP contribution in [0.3, 0.4) is 0 Å². The van der Waals surface area contributed by atoms with Gasteiger partial charge in [0.15, 0.2) is 0 Å². The molecule has 0 aliphatic rings. The monoisotopic (exact) mass is 278 g/mol. The van der Waals surface area contributed by atoms with Gasteiger partial charge in [-0.2, -0.15) is 0 Å². The molecule has 0 radical (unpaired) electrons. The molecule has 1 heterocycles. The quantitative estimate of drug-likeness (QED) is 0.790. The number of thiophene rings is 1. The van der Waals surface area contributed by atoms with Gasteiger partial charge in [-0.3, -0.25) is 0 Å². The molecule has 5 nitrogen and oxygen atoms in total. The van der Waals surface area contributed by atoms with E-state index in [4.69, 9.17) is 5.11 Å². The summed E-state index contributed by atoms with van der Waals surface area (Å²) >= 11 is 1.11. The summed E-state index contributed by atoms with van der Waals surface area (Å²) < 4.78 is 26.6. The van der Waals surface area contributed by atoms with Crippen LogP contribution in [0.25, 0.3) is 0 Å². The number of aliphatic hydroxyl groups excluding tert-OH is 1. The zero-order valence-electron chi connectivity index (χ0n) is 10.2. The van der Waals surface area contributed by atoms with Gasteiger partial charge in [0, 0.05) is 18.0 Å². The normalized spacial score (nSPS) is 12.3. The Bertz CT molecular complexity index is 466. The fourth-order valence-electron chi connectivity index (χ4n) is 1.25. The Kier molecular flexibility index (Phi) is 5.08. The minimum Gasteiger partial charge on any atom is -0.391 e. The summed E-state index contributed by atoms with van der Waals surface area (Å²) in [6, 6.07) is 1.59. The standard InChI is InChI=1S/C10H18N2O3S2/c1-8-6-10(16-9(8)7-13)17(14,15)11-4-5-12(2)3/h6,11,13H,4-5,7H2,1-3H3. The smallest absolute Gasteiger partial charge is 0.250 e. The molecular weight excluding hydrogens is 260 g/mol. The minimum atomic E-state index is -3.44. The van der Waals surface area contributed by atoms with E-state index < -0.39 is 10.0 Å². The van der Waals surface area contributed by atoms with Gasteiger partial charge in [-0.05, 0) is 32.6 Å². The Labute approximate surface area is 106 Å². The summed E-state index contributed by atoms with van der Waals surface area (Å²) in [6.45, 7) is 2.70. The molecule has 7 heteroatoms. The van der Waals surface area contributed by atoms with E-state index in [0.717, 1.165) is 16.9 Å². The summed E-state index contributed by atoms with van der Waals surface area (Å²) in [6.07, 6.45) is 0. The second-order valence-electron chi connectivity index (χ2n) is 4.03. The highest BCUT2D eigenvalue weighted by Gasteiger charge is 2.18. The summed E-state index contributed by atoms with van der Waals surface area (Å²) in [5.74, 6) is 0. The first-order valence-electron chi connectivity index (χ1n) is 5.21. The van der Waals surface area contributed by atoms with Crippen LogP contribution in [0, 0.1) is 6.92 Å². The molecule has 0 aliphatic carbocycles. The fraction of sp³-hybridized carbons (Fsp3) is 0.600. The lowest BCUT2D eigenvalue weighted by Gasteiger charge is -2.09. The topological polar surface area (TPSA) is 69.6 Å². The van der Waals surface area contributed by atoms with Crippen LogP contribution in [-0.2, 0) is 16.6 Å². The molecule has 0 bridgehead atoms. The number of hydrogen-bond acceptors (Lipinski definition) is 5. The molecule has 0 atom stereocenters. The van der Waals surface area contributed by atoms with Crippen LogP contribution in [-0.4, -0.2) is 45.6 Å². The predicted molar refractivity (Wildman–Crippen MR) is 68.7 cm³/mol. The lowest BCUT2D eigenvalue weighted by molar-refractivity contribution is 0.285. The molecule has 0 aromatic carbocycles. The number of nitrogens with zero attached hydrogens (tertiary/aromatic N) is 1. The third kappa shape index (κ3) is 4.04. The Morgan fingerprint density at radius 2 is 2.12 bits per heavy atom. The highest BCUT2D eigenvalue weighted by atomic mass is 32.2. The maximum Gasteiger partial charge on any atom is 0.250 e. The van der Waals surface area contributed by atoms with Gasteiger partial charge in [-0.15, -0.1) is 11.3 Å². The van der Waals surface area contributed by atoms with Crippen molar-refractivity contribution < 1.29 is 13.5 Å². The van der Waals surface area contributed by atoms with E-state index in [1.807, 2.05) is 19.0 Å². The SMILES string of the molecule is Cc1cc(S(=O)(=O)NCCN(C)C)sc1CO. The van der Waals surface area contributed by atoms with Gasteiger partial charge in [0.05, 0.1) is 6.61 Å². The Morgan fingerprint density at radius 1 is 1.47 bits per heavy atom. The van der Waals surface area contributed by atoms with Crippen LogP contribution in [0.4, 0.5) is 0 Å². The highest BCUT2D eigenvalue weighted by molar-refractivity contribution is 7.91. The van der Waals surface area contributed by atoms with Crippen molar-refractivity contribution in [1.29, 1.82) is 0 Å². The molecule has 1 aromatic rings. The first kappa shape index (κ1) is 14.6. The number of likely N-dealkylation sites (N-methyl/N-ethyl adjacent to an activating group) is 1. The van der Waals surface area contributed by atoms with E-state index in [1.54, 1.807) is 13.0 Å². The summed E-state index contributed by atoms with van der Waals surface area (Å²) in [4.78, 5) is 2.60. The molecule has 0 aliphatic heterocycles. The molecule has 0 fully saturated rings. The van der Waals surface area contributed by atoms with E-state index in [-0.39, 0.29) is 10.8 Å². The van der Waals surface area contributed by atoms with Crippen molar-refractivity contribution in [1.82, 2.24) is 9.62 Å². The van der Waals surface area contributed by atoms with E-state index in [2.05, 4.69) is 4.72 Å². The lowest BCUT2D eigenvalue weighted by Crippen LogP contribution is -2.30. The molecule has 17 heavy (non-hydrogen) atoms. The molecule has 0 unspecified atom stereocenters. The number of nitrogens with one attached hydrogen (secondary N) is 1. The van der Waals surface area contributed by atoms with E-state index >= 15 is 0 Å². The zero-order valence-corrected chi connectivity index (χ0v) is 11.9. The maximum atomic E-state index is 11.9. The predicted octanol–water partition coefficient (Wildman–Crippen LogP) is 0.389. The number of aryl methyl sites for hydroxylation is 1. The van der Waals surface area contributed by atoms with Crippen molar-refractivity contribution >= 4 is 21.4 Å². The van der Waals surface area contributed by atoms with Crippen LogP contribution in [0.5, 0.6) is 0 Å². The van der Waals surface area contributed by atoms with Crippen molar-refractivity contribution in [3.05, 3.63) is 16.5 Å². The van der Waals surface area contributed by atoms with Crippen molar-refractivity contribution in [2.45, 2.75) is 17.7 Å². The number of hydrogen-bond donors (Lipinski definition) is 2. The third-order valence-corrected chi connectivity index (χ3v) is 5.41. The van der Waals surface area contributed by atoms with Crippen molar-refractivity contribution in [2.24, 2.45) is 0 Å². The lowest BCUT2D eigenvalue weighted by atomic mass is 10.3. The highest BCUT2D eigenvalue weighted by Crippen LogP contribution is 2.25. The second kappa shape index (κ2) is 5.92. The molecule has 98 valence electrons. The molecule has 0 saturated heterocycles. The molecule has 1 aromatic heterocycles. The Morgan fingerprint density at radius 3 is 2.59 bits per heavy atom. The average molecular weight is 278 g/mol. The summed E-state index contributed by atoms with van der Waals surface area (Å²) in [5, 5.41) is 9.03. The van der Waals surface area contributed by atoms with Gasteiger partial charge in [-0.1, -0.05) is 0 Å². The van der Waals surface area contributed by atoms with E-state index in [9.17, 15) is 8.42 Å². The van der Waals surface area contributed by atoms with Gasteiger partial charge in [0.25, 0.3) is 0 Å². The zero-order chi connectivity index (χ0) is 13.1. The van der Waals surface area contributed by atoms with Crippen LogP contribution in [0.15, 0.2) is 10.3 Å². The van der Waals surface area contributed by atoms with Crippen LogP contribution >= 0.6 is 11.3 Å². The van der Waals surface area contributed by atoms with Gasteiger partial charge in [0.1, 0.15) is 4.21 Å². The summed E-state index contributed by atoms with van der Waals surface area (Å²) in [7, 11) is 0.328. The average Bonchev–Trinajstić information content (AvgIpc) is 2.59. The molecular formula is C10H18N2O3S2. The second-order valence-corrected chi connectivity index (χ2v) is 7.16. The van der Waals surface area contributed by atoms with Gasteiger partial charge < -0.3 is 10.0 Å². The molecule has 0 saturated carbocycles. The number of aliphatic hydroxyl groups is 1. The van der Waals surface area contributed by atoms with Crippen LogP contribution in [0.1, 0.15) is 10.4 Å². The van der Waals surface area contributed by atoms with Crippen LogP contribution < -0.4 is 4.72 Å². The van der Waals surface area contributed by atoms with Crippen molar-refractivity contribution in [3.63, 3.8) is 0 Å². The summed E-state index contributed by atoms with van der Waals surface area (Å²) in [5.41, 5.74) is 0.811. The van der Waals surface area contributed by atoms with Crippen molar-refractivity contribution in [2.75, 3.05) is 27.2 Å². The molecule has 0 amide bonds. The Balaban J connectivity index is 2.75. The Hall–Kier alpha value is -0.470. The van der Waals surface area contributed by atoms with Gasteiger partial charge in [-0.25, -0.2) is 13.1 Å². The van der Waals surface area contributed by atoms with E-state index in [0.29, 0.717) is 18.0 Å². The largest absolute Gasteiger partial charge is 0.391 e. The number of rotatable bonds is 6. The number of sulfonamides is 1. The maximum absolute atomic E-state index is 11.9. The molecule has 0 spiro atoms. The van der Waals surface area contributed by atoms with Gasteiger partial charge in [0.2, 0.25) is 10.0 Å². The van der Waals surface area contributed by atoms with Crippen LogP contribution in [0.2, 0.25) is 0 Å². The minimum absolute atomic E-state index is 0.121. The first-order chi connectivity index (χ1) is 7.86. The molecule has 1 rings (SSSR count). The molecule has 2 N–H and O–H groups in total. The van der Waals surface area contributed by atoms with E-state index in [1.165, 1.54) is 0 Å². The fourth-order valence-corrected chi connectivity index (χ4v) is 3.77.